The molecule has 0 N–H and O–H groups in total. The van der Waals surface area contributed by atoms with Crippen molar-refractivity contribution in [2.45, 2.75) is 13.1 Å². The average Bonchev–Trinajstić information content (AvgIpc) is 3.18. The number of para-hydroxylation sites is 1. The Morgan fingerprint density at radius 1 is 1.17 bits per heavy atom. The van der Waals surface area contributed by atoms with Crippen molar-refractivity contribution in [2.24, 2.45) is 0 Å². The van der Waals surface area contributed by atoms with Gasteiger partial charge < -0.3 is 0 Å². The third-order valence-corrected chi connectivity index (χ3v) is 5.27. The summed E-state index contributed by atoms with van der Waals surface area (Å²) < 4.78 is 0. The van der Waals surface area contributed by atoms with Crippen molar-refractivity contribution in [3.05, 3.63) is 68.5 Å². The molecule has 0 fully saturated rings. The molecule has 0 atom stereocenters. The van der Waals surface area contributed by atoms with Gasteiger partial charge in [-0.3, -0.25) is 15.0 Å². The van der Waals surface area contributed by atoms with Crippen molar-refractivity contribution in [3.8, 4) is 9.88 Å². The molecule has 1 aromatic carbocycles. The molecule has 0 unspecified atom stereocenters. The molecule has 23 heavy (non-hydrogen) atoms. The minimum atomic E-state index is -0.332. The fourth-order valence-electron chi connectivity index (χ4n) is 2.34. The maximum absolute atomic E-state index is 11.1. The molecular formula is C16H15N3O2S2. The number of hydrogen-bond donors (Lipinski definition) is 0. The van der Waals surface area contributed by atoms with Gasteiger partial charge in [-0.15, -0.1) is 22.7 Å². The van der Waals surface area contributed by atoms with Gasteiger partial charge in [0, 0.05) is 30.1 Å². The molecule has 0 aliphatic heterocycles. The zero-order chi connectivity index (χ0) is 16.2. The smallest absolute Gasteiger partial charge is 0.273 e. The first-order valence-corrected chi connectivity index (χ1v) is 8.78. The van der Waals surface area contributed by atoms with E-state index in [9.17, 15) is 10.1 Å². The van der Waals surface area contributed by atoms with Crippen molar-refractivity contribution in [2.75, 3.05) is 7.05 Å². The van der Waals surface area contributed by atoms with Crippen molar-refractivity contribution in [1.29, 1.82) is 0 Å². The highest BCUT2D eigenvalue weighted by Gasteiger charge is 2.15. The van der Waals surface area contributed by atoms with Gasteiger partial charge in [0.15, 0.2) is 0 Å². The average molecular weight is 345 g/mol. The Kier molecular flexibility index (Phi) is 4.80. The molecule has 5 nitrogen and oxygen atoms in total. The highest BCUT2D eigenvalue weighted by Crippen LogP contribution is 2.28. The second kappa shape index (κ2) is 6.99. The number of nitro groups is 1. The van der Waals surface area contributed by atoms with Crippen LogP contribution in [0.15, 0.2) is 47.2 Å². The molecule has 0 saturated carbocycles. The van der Waals surface area contributed by atoms with Crippen molar-refractivity contribution >= 4 is 28.4 Å². The van der Waals surface area contributed by atoms with E-state index in [0.29, 0.717) is 18.7 Å². The van der Waals surface area contributed by atoms with Crippen LogP contribution >= 0.6 is 22.7 Å². The van der Waals surface area contributed by atoms with E-state index in [-0.39, 0.29) is 10.6 Å². The molecule has 0 saturated heterocycles. The highest BCUT2D eigenvalue weighted by atomic mass is 32.1. The highest BCUT2D eigenvalue weighted by molar-refractivity contribution is 7.20. The predicted octanol–water partition coefficient (Wildman–Crippen LogP) is 4.41. The largest absolute Gasteiger partial charge is 0.296 e. The summed E-state index contributed by atoms with van der Waals surface area (Å²) in [4.78, 5) is 18.6. The van der Waals surface area contributed by atoms with E-state index in [1.165, 1.54) is 4.88 Å². The fourth-order valence-corrected chi connectivity index (χ4v) is 3.96. The predicted molar refractivity (Wildman–Crippen MR) is 93.7 cm³/mol. The quantitative estimate of drug-likeness (QED) is 0.490. The Hall–Kier alpha value is -2.09. The summed E-state index contributed by atoms with van der Waals surface area (Å²) >= 11 is 3.30. The Labute approximate surface area is 142 Å². The van der Waals surface area contributed by atoms with Crippen LogP contribution in [0, 0.1) is 10.1 Å². The zero-order valence-electron chi connectivity index (χ0n) is 12.5. The SMILES string of the molecule is CN(Cc1csc(-c2cccs2)n1)Cc1ccccc1[N+](=O)[O-]. The molecule has 3 aromatic rings. The molecule has 2 aromatic heterocycles. The second-order valence-corrected chi connectivity index (χ2v) is 6.99. The maximum Gasteiger partial charge on any atom is 0.273 e. The van der Waals surface area contributed by atoms with Gasteiger partial charge in [0.1, 0.15) is 5.01 Å². The van der Waals surface area contributed by atoms with E-state index >= 15 is 0 Å². The topological polar surface area (TPSA) is 59.3 Å². The third-order valence-electron chi connectivity index (χ3n) is 3.34. The van der Waals surface area contributed by atoms with Gasteiger partial charge in [0.2, 0.25) is 0 Å². The van der Waals surface area contributed by atoms with E-state index in [0.717, 1.165) is 10.7 Å². The van der Waals surface area contributed by atoms with E-state index in [1.54, 1.807) is 40.9 Å². The van der Waals surface area contributed by atoms with E-state index in [1.807, 2.05) is 34.8 Å². The van der Waals surface area contributed by atoms with Crippen molar-refractivity contribution < 1.29 is 4.92 Å². The normalized spacial score (nSPS) is 11.0. The van der Waals surface area contributed by atoms with Gasteiger partial charge >= 0.3 is 0 Å². The van der Waals surface area contributed by atoms with Crippen LogP contribution < -0.4 is 0 Å². The van der Waals surface area contributed by atoms with Crippen LogP contribution in [0.3, 0.4) is 0 Å². The Morgan fingerprint density at radius 3 is 2.74 bits per heavy atom. The first kappa shape index (κ1) is 15.8. The number of nitrogens with zero attached hydrogens (tertiary/aromatic N) is 3. The molecule has 3 rings (SSSR count). The standard InChI is InChI=1S/C16H15N3O2S2/c1-18(9-12-5-2-3-6-14(12)19(20)21)10-13-11-23-16(17-13)15-7-4-8-22-15/h2-8,11H,9-10H2,1H3. The summed E-state index contributed by atoms with van der Waals surface area (Å²) in [5, 5.41) is 16.2. The lowest BCUT2D eigenvalue weighted by Crippen LogP contribution is -2.18. The molecule has 0 spiro atoms. The molecule has 0 radical (unpaired) electrons. The van der Waals surface area contributed by atoms with Crippen LogP contribution in [0.1, 0.15) is 11.3 Å². The number of nitro benzene ring substituents is 1. The zero-order valence-corrected chi connectivity index (χ0v) is 14.1. The third kappa shape index (κ3) is 3.82. The van der Waals surface area contributed by atoms with E-state index in [4.69, 9.17) is 0 Å². The molecule has 0 aliphatic carbocycles. The number of aromatic nitrogens is 1. The van der Waals surface area contributed by atoms with Gasteiger partial charge in [-0.2, -0.15) is 0 Å². The summed E-state index contributed by atoms with van der Waals surface area (Å²) in [7, 11) is 1.95. The Balaban J connectivity index is 1.68. The monoisotopic (exact) mass is 345 g/mol. The lowest BCUT2D eigenvalue weighted by Gasteiger charge is -2.15. The van der Waals surface area contributed by atoms with Crippen LogP contribution in [-0.4, -0.2) is 21.9 Å². The molecule has 7 heteroatoms. The first-order chi connectivity index (χ1) is 11.1. The molecule has 2 heterocycles. The van der Waals surface area contributed by atoms with E-state index < -0.39 is 0 Å². The van der Waals surface area contributed by atoms with Crippen LogP contribution in [0.4, 0.5) is 5.69 Å². The van der Waals surface area contributed by atoms with E-state index in [2.05, 4.69) is 11.1 Å². The first-order valence-electron chi connectivity index (χ1n) is 7.02. The van der Waals surface area contributed by atoms with Gasteiger partial charge in [-0.05, 0) is 18.5 Å². The van der Waals surface area contributed by atoms with Gasteiger partial charge in [0.25, 0.3) is 5.69 Å². The van der Waals surface area contributed by atoms with Gasteiger partial charge in [-0.25, -0.2) is 4.98 Å². The van der Waals surface area contributed by atoms with Gasteiger partial charge in [-0.1, -0.05) is 24.3 Å². The number of benzene rings is 1. The lowest BCUT2D eigenvalue weighted by atomic mass is 10.1. The summed E-state index contributed by atoms with van der Waals surface area (Å²) in [6, 6.07) is 10.9. The molecule has 0 amide bonds. The van der Waals surface area contributed by atoms with Crippen LogP contribution in [-0.2, 0) is 13.1 Å². The number of thiazole rings is 1. The van der Waals surface area contributed by atoms with Gasteiger partial charge in [0.05, 0.1) is 15.5 Å². The van der Waals surface area contributed by atoms with Crippen LogP contribution in [0.5, 0.6) is 0 Å². The van der Waals surface area contributed by atoms with Crippen molar-refractivity contribution in [3.63, 3.8) is 0 Å². The molecule has 118 valence electrons. The Morgan fingerprint density at radius 2 is 2.00 bits per heavy atom. The second-order valence-electron chi connectivity index (χ2n) is 5.18. The summed E-state index contributed by atoms with van der Waals surface area (Å²) in [5.74, 6) is 0. The minimum Gasteiger partial charge on any atom is -0.296 e. The number of rotatable bonds is 6. The van der Waals surface area contributed by atoms with Crippen LogP contribution in [0.25, 0.3) is 9.88 Å². The van der Waals surface area contributed by atoms with Crippen LogP contribution in [0.2, 0.25) is 0 Å². The number of hydrogen-bond acceptors (Lipinski definition) is 6. The summed E-state index contributed by atoms with van der Waals surface area (Å²) in [5.41, 5.74) is 1.87. The Bertz CT molecular complexity index is 799. The number of thiophene rings is 1. The van der Waals surface area contributed by atoms with Crippen molar-refractivity contribution in [1.82, 2.24) is 9.88 Å². The lowest BCUT2D eigenvalue weighted by molar-refractivity contribution is -0.385. The summed E-state index contributed by atoms with van der Waals surface area (Å²) in [6.45, 7) is 1.18. The molecular weight excluding hydrogens is 330 g/mol. The summed E-state index contributed by atoms with van der Waals surface area (Å²) in [6.07, 6.45) is 0. The minimum absolute atomic E-state index is 0.164. The molecule has 0 aliphatic rings. The fraction of sp³-hybridized carbons (Fsp3) is 0.188. The molecule has 0 bridgehead atoms. The maximum atomic E-state index is 11.1.